The van der Waals surface area contributed by atoms with Crippen LogP contribution in [-0.2, 0) is 10.0 Å². The highest BCUT2D eigenvalue weighted by molar-refractivity contribution is 14.1. The molecule has 0 radical (unpaired) electrons. The maximum atomic E-state index is 12.8. The Bertz CT molecular complexity index is 947. The van der Waals surface area contributed by atoms with E-state index < -0.39 is 10.0 Å². The van der Waals surface area contributed by atoms with Gasteiger partial charge in [-0.05, 0) is 47.7 Å². The summed E-state index contributed by atoms with van der Waals surface area (Å²) >= 11 is 2.07. The molecule has 0 amide bonds. The molecule has 0 spiro atoms. The number of rotatable bonds is 3. The number of aromatic nitrogens is 2. The molecule has 7 heteroatoms. The molecule has 3 rings (SSSR count). The van der Waals surface area contributed by atoms with Crippen LogP contribution in [0.15, 0.2) is 47.5 Å². The van der Waals surface area contributed by atoms with E-state index in [2.05, 4.69) is 27.6 Å². The van der Waals surface area contributed by atoms with E-state index in [-0.39, 0.29) is 4.90 Å². The van der Waals surface area contributed by atoms with Gasteiger partial charge in [-0.3, -0.25) is 0 Å². The smallest absolute Gasteiger partial charge is 0.268 e. The van der Waals surface area contributed by atoms with Gasteiger partial charge in [0, 0.05) is 12.3 Å². The SMILES string of the molecule is COc1ccc2c(n1)c(I)cn2S(=O)(=O)c1ccc(C)cc1. The Labute approximate surface area is 142 Å². The molecule has 0 fully saturated rings. The number of hydrogen-bond donors (Lipinski definition) is 0. The van der Waals surface area contributed by atoms with Crippen molar-refractivity contribution in [3.05, 3.63) is 51.7 Å². The highest BCUT2D eigenvalue weighted by Gasteiger charge is 2.21. The van der Waals surface area contributed by atoms with E-state index in [4.69, 9.17) is 4.74 Å². The monoisotopic (exact) mass is 428 g/mol. The fourth-order valence-corrected chi connectivity index (χ4v) is 4.38. The molecule has 0 N–H and O–H groups in total. The summed E-state index contributed by atoms with van der Waals surface area (Å²) in [6.45, 7) is 1.92. The highest BCUT2D eigenvalue weighted by Crippen LogP contribution is 2.27. The molecule has 5 nitrogen and oxygen atoms in total. The zero-order chi connectivity index (χ0) is 15.9. The molecular weight excluding hydrogens is 415 g/mol. The number of fused-ring (bicyclic) bond motifs is 1. The molecule has 0 aliphatic heterocycles. The van der Waals surface area contributed by atoms with Gasteiger partial charge >= 0.3 is 0 Å². The van der Waals surface area contributed by atoms with Crippen molar-refractivity contribution in [2.24, 2.45) is 0 Å². The van der Waals surface area contributed by atoms with Crippen molar-refractivity contribution < 1.29 is 13.2 Å². The summed E-state index contributed by atoms with van der Waals surface area (Å²) < 4.78 is 32.8. The average Bonchev–Trinajstić information content (AvgIpc) is 2.85. The minimum atomic E-state index is -3.65. The van der Waals surface area contributed by atoms with Gasteiger partial charge in [0.1, 0.15) is 5.52 Å². The molecule has 1 aromatic carbocycles. The Morgan fingerprint density at radius 1 is 1.14 bits per heavy atom. The second-order valence-corrected chi connectivity index (χ2v) is 7.79. The largest absolute Gasteiger partial charge is 0.481 e. The van der Waals surface area contributed by atoms with E-state index in [1.807, 2.05) is 6.92 Å². The number of benzene rings is 1. The van der Waals surface area contributed by atoms with E-state index in [0.29, 0.717) is 16.9 Å². The van der Waals surface area contributed by atoms with Gasteiger partial charge in [0.2, 0.25) is 5.88 Å². The normalized spacial score (nSPS) is 11.8. The topological polar surface area (TPSA) is 61.2 Å². The molecule has 0 atom stereocenters. The van der Waals surface area contributed by atoms with E-state index in [1.165, 1.54) is 11.1 Å². The summed E-state index contributed by atoms with van der Waals surface area (Å²) in [5, 5.41) is 0. The lowest BCUT2D eigenvalue weighted by Gasteiger charge is -2.08. The third-order valence-electron chi connectivity index (χ3n) is 3.33. The Morgan fingerprint density at radius 3 is 2.45 bits per heavy atom. The van der Waals surface area contributed by atoms with Crippen LogP contribution in [0.5, 0.6) is 5.88 Å². The Hall–Kier alpha value is -1.61. The number of halogens is 1. The molecule has 3 aromatic rings. The van der Waals surface area contributed by atoms with Crippen LogP contribution in [0, 0.1) is 10.5 Å². The van der Waals surface area contributed by atoms with Crippen LogP contribution in [0.4, 0.5) is 0 Å². The number of hydrogen-bond acceptors (Lipinski definition) is 4. The van der Waals surface area contributed by atoms with E-state index >= 15 is 0 Å². The third-order valence-corrected chi connectivity index (χ3v) is 5.81. The molecule has 0 aliphatic rings. The molecule has 2 aromatic heterocycles. The number of aryl methyl sites for hydroxylation is 1. The summed E-state index contributed by atoms with van der Waals surface area (Å²) in [7, 11) is -2.12. The average molecular weight is 428 g/mol. The lowest BCUT2D eigenvalue weighted by molar-refractivity contribution is 0.399. The van der Waals surface area contributed by atoms with Gasteiger partial charge in [-0.1, -0.05) is 17.7 Å². The van der Waals surface area contributed by atoms with Gasteiger partial charge in [0.15, 0.2) is 0 Å². The van der Waals surface area contributed by atoms with Crippen LogP contribution in [-0.4, -0.2) is 24.5 Å². The maximum Gasteiger partial charge on any atom is 0.268 e. The Balaban J connectivity index is 2.23. The van der Waals surface area contributed by atoms with Crippen molar-refractivity contribution in [2.75, 3.05) is 7.11 Å². The van der Waals surface area contributed by atoms with Crippen LogP contribution in [0.25, 0.3) is 11.0 Å². The van der Waals surface area contributed by atoms with Crippen molar-refractivity contribution in [1.29, 1.82) is 0 Å². The molecule has 0 unspecified atom stereocenters. The lowest BCUT2D eigenvalue weighted by atomic mass is 10.2. The summed E-state index contributed by atoms with van der Waals surface area (Å²) in [4.78, 5) is 4.57. The highest BCUT2D eigenvalue weighted by atomic mass is 127. The van der Waals surface area contributed by atoms with Crippen LogP contribution in [0.3, 0.4) is 0 Å². The summed E-state index contributed by atoms with van der Waals surface area (Å²) in [6.07, 6.45) is 1.58. The first kappa shape index (κ1) is 15.3. The Morgan fingerprint density at radius 2 is 1.82 bits per heavy atom. The minimum Gasteiger partial charge on any atom is -0.481 e. The number of pyridine rings is 1. The number of methoxy groups -OCH3 is 1. The standard InChI is InChI=1S/C15H13IN2O3S/c1-10-3-5-11(6-4-10)22(19,20)18-9-12(16)15-13(18)7-8-14(17-15)21-2/h3-9H,1-2H3. The second-order valence-electron chi connectivity index (χ2n) is 4.81. The van der Waals surface area contributed by atoms with Gasteiger partial charge in [-0.2, -0.15) is 0 Å². The first-order chi connectivity index (χ1) is 10.4. The van der Waals surface area contributed by atoms with Gasteiger partial charge in [-0.25, -0.2) is 17.4 Å². The first-order valence-corrected chi connectivity index (χ1v) is 8.99. The predicted octanol–water partition coefficient (Wildman–Crippen LogP) is 3.19. The molecular formula is C15H13IN2O3S. The number of nitrogens with zero attached hydrogens (tertiary/aromatic N) is 2. The van der Waals surface area contributed by atoms with Gasteiger partial charge < -0.3 is 4.74 Å². The van der Waals surface area contributed by atoms with E-state index in [0.717, 1.165) is 9.13 Å². The van der Waals surface area contributed by atoms with Crippen molar-refractivity contribution in [2.45, 2.75) is 11.8 Å². The zero-order valence-electron chi connectivity index (χ0n) is 11.9. The molecule has 2 heterocycles. The predicted molar refractivity (Wildman–Crippen MR) is 92.8 cm³/mol. The summed E-state index contributed by atoms with van der Waals surface area (Å²) in [5.41, 5.74) is 2.15. The lowest BCUT2D eigenvalue weighted by Crippen LogP contribution is -2.11. The van der Waals surface area contributed by atoms with Crippen molar-refractivity contribution >= 4 is 43.6 Å². The molecule has 0 saturated heterocycles. The summed E-state index contributed by atoms with van der Waals surface area (Å²) in [5.74, 6) is 0.455. The Kier molecular flexibility index (Phi) is 3.85. The fourth-order valence-electron chi connectivity index (χ4n) is 2.16. The first-order valence-electron chi connectivity index (χ1n) is 6.47. The zero-order valence-corrected chi connectivity index (χ0v) is 14.9. The summed E-state index contributed by atoms with van der Waals surface area (Å²) in [6, 6.07) is 10.1. The van der Waals surface area contributed by atoms with Gasteiger partial charge in [-0.15, -0.1) is 0 Å². The van der Waals surface area contributed by atoms with Gasteiger partial charge in [0.25, 0.3) is 10.0 Å². The van der Waals surface area contributed by atoms with Crippen molar-refractivity contribution in [1.82, 2.24) is 8.96 Å². The van der Waals surface area contributed by atoms with E-state index in [9.17, 15) is 8.42 Å². The van der Waals surface area contributed by atoms with Crippen molar-refractivity contribution in [3.63, 3.8) is 0 Å². The fraction of sp³-hybridized carbons (Fsp3) is 0.133. The second kappa shape index (κ2) is 5.54. The number of ether oxygens (including phenoxy) is 1. The quantitative estimate of drug-likeness (QED) is 0.602. The van der Waals surface area contributed by atoms with Crippen LogP contribution in [0.2, 0.25) is 0 Å². The van der Waals surface area contributed by atoms with Crippen LogP contribution >= 0.6 is 22.6 Å². The molecule has 0 aliphatic carbocycles. The van der Waals surface area contributed by atoms with Crippen LogP contribution < -0.4 is 4.74 Å². The van der Waals surface area contributed by atoms with Gasteiger partial charge in [0.05, 0.1) is 21.1 Å². The minimum absolute atomic E-state index is 0.252. The maximum absolute atomic E-state index is 12.8. The van der Waals surface area contributed by atoms with Crippen LogP contribution in [0.1, 0.15) is 5.56 Å². The molecule has 114 valence electrons. The third kappa shape index (κ3) is 2.48. The van der Waals surface area contributed by atoms with Crippen molar-refractivity contribution in [3.8, 4) is 5.88 Å². The van der Waals surface area contributed by atoms with E-state index in [1.54, 1.807) is 42.6 Å². The molecule has 0 bridgehead atoms. The molecule has 22 heavy (non-hydrogen) atoms. The molecule has 0 saturated carbocycles.